The largest absolute Gasteiger partial charge is 0.395 e. The van der Waals surface area contributed by atoms with Crippen LogP contribution in [0.2, 0.25) is 0 Å². The van der Waals surface area contributed by atoms with Gasteiger partial charge in [0.1, 0.15) is 0 Å². The summed E-state index contributed by atoms with van der Waals surface area (Å²) in [5, 5.41) is 8.81. The highest BCUT2D eigenvalue weighted by atomic mass is 32.2. The van der Waals surface area contributed by atoms with Gasteiger partial charge >= 0.3 is 0 Å². The van der Waals surface area contributed by atoms with E-state index in [1.54, 1.807) is 22.7 Å². The van der Waals surface area contributed by atoms with Crippen LogP contribution in [0.5, 0.6) is 0 Å². The van der Waals surface area contributed by atoms with Gasteiger partial charge in [0.2, 0.25) is 5.91 Å². The van der Waals surface area contributed by atoms with Gasteiger partial charge in [-0.1, -0.05) is 26.8 Å². The number of rotatable bonds is 6. The molecule has 4 heteroatoms. The maximum atomic E-state index is 11.7. The number of nitrogens with zero attached hydrogens (tertiary/aromatic N) is 1. The summed E-state index contributed by atoms with van der Waals surface area (Å²) in [5.41, 5.74) is 0. The number of carbonyl (C=O) groups excluding carboxylic acids is 1. The van der Waals surface area contributed by atoms with E-state index in [2.05, 4.69) is 27.4 Å². The maximum Gasteiger partial charge on any atom is 0.232 e. The van der Waals surface area contributed by atoms with E-state index in [0.717, 1.165) is 0 Å². The van der Waals surface area contributed by atoms with Crippen molar-refractivity contribution in [1.82, 2.24) is 4.90 Å². The van der Waals surface area contributed by atoms with Crippen molar-refractivity contribution in [3.8, 4) is 0 Å². The number of aliphatic hydroxyl groups is 1. The van der Waals surface area contributed by atoms with Crippen molar-refractivity contribution in [2.45, 2.75) is 25.5 Å². The van der Waals surface area contributed by atoms with Crippen LogP contribution in [0.3, 0.4) is 0 Å². The fourth-order valence-corrected chi connectivity index (χ4v) is 1.70. The van der Waals surface area contributed by atoms with Crippen molar-refractivity contribution in [3.63, 3.8) is 0 Å². The monoisotopic (exact) mass is 231 g/mol. The van der Waals surface area contributed by atoms with Crippen LogP contribution in [0.4, 0.5) is 0 Å². The molecule has 0 fully saturated rings. The Morgan fingerprint density at radius 2 is 2.13 bits per heavy atom. The lowest BCUT2D eigenvalue weighted by molar-refractivity contribution is -0.128. The van der Waals surface area contributed by atoms with Crippen LogP contribution in [-0.2, 0) is 4.79 Å². The zero-order chi connectivity index (χ0) is 11.9. The molecule has 0 rings (SSSR count). The van der Waals surface area contributed by atoms with Crippen LogP contribution < -0.4 is 0 Å². The van der Waals surface area contributed by atoms with E-state index in [1.807, 2.05) is 0 Å². The summed E-state index contributed by atoms with van der Waals surface area (Å²) in [6.45, 7) is 10.7. The Bertz CT molecular complexity index is 211. The first kappa shape index (κ1) is 14.5. The third-order valence-electron chi connectivity index (χ3n) is 1.70. The molecule has 0 aliphatic carbocycles. The molecule has 0 heterocycles. The van der Waals surface area contributed by atoms with Gasteiger partial charge in [0.25, 0.3) is 0 Å². The Labute approximate surface area is 96.5 Å². The number of amides is 1. The van der Waals surface area contributed by atoms with E-state index in [-0.39, 0.29) is 17.3 Å². The summed E-state index contributed by atoms with van der Waals surface area (Å²) in [7, 11) is 0. The van der Waals surface area contributed by atoms with E-state index < -0.39 is 0 Å². The second kappa shape index (κ2) is 6.90. The van der Waals surface area contributed by atoms with Crippen LogP contribution in [0.15, 0.2) is 12.7 Å². The third-order valence-corrected chi connectivity index (χ3v) is 2.96. The van der Waals surface area contributed by atoms with E-state index in [0.29, 0.717) is 18.8 Å². The van der Waals surface area contributed by atoms with Crippen LogP contribution >= 0.6 is 11.8 Å². The zero-order valence-corrected chi connectivity index (χ0v) is 10.6. The summed E-state index contributed by atoms with van der Waals surface area (Å²) in [4.78, 5) is 13.3. The van der Waals surface area contributed by atoms with E-state index in [9.17, 15) is 4.79 Å². The summed E-state index contributed by atoms with van der Waals surface area (Å²) >= 11 is 1.61. The molecule has 0 saturated heterocycles. The van der Waals surface area contributed by atoms with Gasteiger partial charge in [-0.15, -0.1) is 18.3 Å². The van der Waals surface area contributed by atoms with Crippen molar-refractivity contribution < 1.29 is 9.90 Å². The zero-order valence-electron chi connectivity index (χ0n) is 9.82. The minimum atomic E-state index is -0.000234. The fraction of sp³-hybridized carbons (Fsp3) is 0.727. The van der Waals surface area contributed by atoms with Crippen molar-refractivity contribution in [2.24, 2.45) is 0 Å². The van der Waals surface area contributed by atoms with Gasteiger partial charge in [-0.2, -0.15) is 0 Å². The molecule has 0 aromatic rings. The number of aliphatic hydroxyl groups excluding tert-OH is 1. The van der Waals surface area contributed by atoms with Crippen molar-refractivity contribution in [1.29, 1.82) is 0 Å². The highest BCUT2D eigenvalue weighted by molar-refractivity contribution is 8.01. The molecule has 0 unspecified atom stereocenters. The second-order valence-electron chi connectivity index (χ2n) is 4.25. The van der Waals surface area contributed by atoms with Crippen LogP contribution in [0.25, 0.3) is 0 Å². The first-order valence-electron chi connectivity index (χ1n) is 5.04. The topological polar surface area (TPSA) is 40.5 Å². The molecule has 3 nitrogen and oxygen atoms in total. The quantitative estimate of drug-likeness (QED) is 0.705. The summed E-state index contributed by atoms with van der Waals surface area (Å²) in [6.07, 6.45) is 1.68. The molecule has 0 atom stereocenters. The Balaban J connectivity index is 4.07. The van der Waals surface area contributed by atoms with Crippen molar-refractivity contribution in [2.75, 3.05) is 25.4 Å². The van der Waals surface area contributed by atoms with Gasteiger partial charge in [-0.25, -0.2) is 0 Å². The molecule has 0 bridgehead atoms. The molecule has 0 aliphatic heterocycles. The SMILES string of the molecule is C=CCN(CCO)C(=O)CSC(C)(C)C. The number of thioether (sulfide) groups is 1. The Morgan fingerprint density at radius 3 is 2.53 bits per heavy atom. The first-order valence-corrected chi connectivity index (χ1v) is 6.02. The summed E-state index contributed by atoms with van der Waals surface area (Å²) in [6, 6.07) is 0. The van der Waals surface area contributed by atoms with Crippen LogP contribution in [0.1, 0.15) is 20.8 Å². The van der Waals surface area contributed by atoms with Gasteiger partial charge in [0, 0.05) is 17.8 Å². The Morgan fingerprint density at radius 1 is 1.53 bits per heavy atom. The van der Waals surface area contributed by atoms with Gasteiger partial charge in [-0.05, 0) is 0 Å². The van der Waals surface area contributed by atoms with Gasteiger partial charge < -0.3 is 10.0 Å². The van der Waals surface area contributed by atoms with E-state index >= 15 is 0 Å². The molecule has 0 aromatic carbocycles. The molecule has 0 aromatic heterocycles. The molecular weight excluding hydrogens is 210 g/mol. The van der Waals surface area contributed by atoms with E-state index in [1.165, 1.54) is 0 Å². The molecule has 0 radical (unpaired) electrons. The molecule has 15 heavy (non-hydrogen) atoms. The molecule has 0 saturated carbocycles. The first-order chi connectivity index (χ1) is 6.90. The van der Waals surface area contributed by atoms with Gasteiger partial charge in [0.15, 0.2) is 0 Å². The predicted molar refractivity (Wildman–Crippen MR) is 66.1 cm³/mol. The lowest BCUT2D eigenvalue weighted by Gasteiger charge is -2.23. The smallest absolute Gasteiger partial charge is 0.232 e. The maximum absolute atomic E-state index is 11.7. The average Bonchev–Trinajstić information content (AvgIpc) is 2.13. The minimum Gasteiger partial charge on any atom is -0.395 e. The van der Waals surface area contributed by atoms with E-state index in [4.69, 9.17) is 5.11 Å². The number of hydrogen-bond donors (Lipinski definition) is 1. The lowest BCUT2D eigenvalue weighted by Crippen LogP contribution is -2.35. The average molecular weight is 231 g/mol. The summed E-state index contributed by atoms with van der Waals surface area (Å²) < 4.78 is 0.0920. The van der Waals surface area contributed by atoms with Gasteiger partial charge in [-0.3, -0.25) is 4.79 Å². The summed E-state index contributed by atoms with van der Waals surface area (Å²) in [5.74, 6) is 0.515. The lowest BCUT2D eigenvalue weighted by atomic mass is 10.3. The molecule has 1 N–H and O–H groups in total. The molecular formula is C11H21NO2S. The van der Waals surface area contributed by atoms with Crippen LogP contribution in [0, 0.1) is 0 Å². The predicted octanol–water partition coefficient (Wildman–Crippen LogP) is 1.53. The highest BCUT2D eigenvalue weighted by Crippen LogP contribution is 2.23. The normalized spacial score (nSPS) is 11.2. The highest BCUT2D eigenvalue weighted by Gasteiger charge is 2.16. The third kappa shape index (κ3) is 7.45. The number of carbonyl (C=O) groups is 1. The molecule has 1 amide bonds. The Hall–Kier alpha value is -0.480. The van der Waals surface area contributed by atoms with Crippen molar-refractivity contribution >= 4 is 17.7 Å². The molecule has 88 valence electrons. The fourth-order valence-electron chi connectivity index (χ4n) is 0.964. The van der Waals surface area contributed by atoms with Crippen molar-refractivity contribution in [3.05, 3.63) is 12.7 Å². The Kier molecular flexibility index (Phi) is 6.68. The number of hydrogen-bond acceptors (Lipinski definition) is 3. The standard InChI is InChI=1S/C11H21NO2S/c1-5-6-12(7-8-13)10(14)9-15-11(2,3)4/h5,13H,1,6-9H2,2-4H3. The van der Waals surface area contributed by atoms with Crippen LogP contribution in [-0.4, -0.2) is 46.1 Å². The van der Waals surface area contributed by atoms with Gasteiger partial charge in [0.05, 0.1) is 12.4 Å². The minimum absolute atomic E-state index is 0.000234. The molecule has 0 spiro atoms. The molecule has 0 aliphatic rings. The second-order valence-corrected chi connectivity index (χ2v) is 6.06.